The molecule has 2 aliphatic heterocycles. The fourth-order valence-electron chi connectivity index (χ4n) is 2.67. The van der Waals surface area contributed by atoms with E-state index in [1.807, 2.05) is 18.2 Å². The fraction of sp³-hybridized carbons (Fsp3) is 0.200. The SMILES string of the molecule is C[C@@]1([C@@H]2C(C#N)=C(N)Oc3ccccc32)C=CC(=O)O1. The lowest BCUT2D eigenvalue weighted by Gasteiger charge is -2.35. The van der Waals surface area contributed by atoms with Crippen LogP contribution in [-0.4, -0.2) is 11.6 Å². The molecule has 2 atom stereocenters. The second-order valence-corrected chi connectivity index (χ2v) is 4.90. The number of nitrogens with two attached hydrogens (primary N) is 1. The summed E-state index contributed by atoms with van der Waals surface area (Å²) < 4.78 is 10.8. The second-order valence-electron chi connectivity index (χ2n) is 4.90. The second kappa shape index (κ2) is 4.14. The van der Waals surface area contributed by atoms with Crippen molar-refractivity contribution in [2.45, 2.75) is 18.4 Å². The van der Waals surface area contributed by atoms with Crippen molar-refractivity contribution in [3.8, 4) is 11.8 Å². The van der Waals surface area contributed by atoms with Crippen LogP contribution < -0.4 is 10.5 Å². The molecule has 0 radical (unpaired) electrons. The highest BCUT2D eigenvalue weighted by Crippen LogP contribution is 2.47. The van der Waals surface area contributed by atoms with E-state index < -0.39 is 17.5 Å². The number of ether oxygens (including phenoxy) is 2. The Bertz CT molecular complexity index is 699. The summed E-state index contributed by atoms with van der Waals surface area (Å²) in [6.07, 6.45) is 3.02. The molecule has 5 heteroatoms. The number of benzene rings is 1. The number of nitriles is 1. The highest BCUT2D eigenvalue weighted by Gasteiger charge is 2.46. The molecule has 0 saturated carbocycles. The third kappa shape index (κ3) is 1.66. The molecule has 0 saturated heterocycles. The number of hydrogen-bond acceptors (Lipinski definition) is 5. The number of carbonyl (C=O) groups excluding carboxylic acids is 1. The van der Waals surface area contributed by atoms with E-state index in [1.165, 1.54) is 6.08 Å². The minimum absolute atomic E-state index is 0.0498. The molecule has 0 aromatic heterocycles. The van der Waals surface area contributed by atoms with Crippen molar-refractivity contribution in [2.75, 3.05) is 0 Å². The Hall–Kier alpha value is -2.74. The van der Waals surface area contributed by atoms with Gasteiger partial charge in [-0.25, -0.2) is 4.79 Å². The number of carbonyl (C=O) groups is 1. The lowest BCUT2D eigenvalue weighted by atomic mass is 9.77. The van der Waals surface area contributed by atoms with E-state index in [1.54, 1.807) is 19.1 Å². The molecular formula is C15H12N2O3. The average Bonchev–Trinajstić information content (AvgIpc) is 2.77. The normalized spacial score (nSPS) is 27.6. The van der Waals surface area contributed by atoms with E-state index in [0.717, 1.165) is 5.56 Å². The van der Waals surface area contributed by atoms with Gasteiger partial charge in [-0.15, -0.1) is 0 Å². The van der Waals surface area contributed by atoms with Crippen LogP contribution >= 0.6 is 0 Å². The Balaban J connectivity index is 2.19. The highest BCUT2D eigenvalue weighted by molar-refractivity contribution is 5.85. The molecule has 0 unspecified atom stereocenters. The molecule has 2 heterocycles. The van der Waals surface area contributed by atoms with Crippen molar-refractivity contribution in [1.29, 1.82) is 5.26 Å². The number of rotatable bonds is 1. The standard InChI is InChI=1S/C15H12N2O3/c1-15(7-6-12(18)20-15)13-9-4-2-3-5-11(9)19-14(17)10(13)8-16/h2-7,13H,17H2,1H3/t13-,15-/m0/s1. The smallest absolute Gasteiger partial charge is 0.331 e. The number of nitrogens with zero attached hydrogens (tertiary/aromatic N) is 1. The Morgan fingerprint density at radius 1 is 1.40 bits per heavy atom. The van der Waals surface area contributed by atoms with Crippen LogP contribution in [0.2, 0.25) is 0 Å². The Labute approximate surface area is 115 Å². The quantitative estimate of drug-likeness (QED) is 0.784. The summed E-state index contributed by atoms with van der Waals surface area (Å²) in [7, 11) is 0. The number of para-hydroxylation sites is 1. The van der Waals surface area contributed by atoms with Crippen LogP contribution in [0.3, 0.4) is 0 Å². The zero-order valence-electron chi connectivity index (χ0n) is 10.8. The van der Waals surface area contributed by atoms with Crippen LogP contribution in [0, 0.1) is 11.3 Å². The van der Waals surface area contributed by atoms with Gasteiger partial charge in [-0.2, -0.15) is 5.26 Å². The van der Waals surface area contributed by atoms with Gasteiger partial charge in [0.25, 0.3) is 0 Å². The first-order valence-electron chi connectivity index (χ1n) is 6.14. The summed E-state index contributed by atoms with van der Waals surface area (Å²) >= 11 is 0. The largest absolute Gasteiger partial charge is 0.451 e. The molecule has 1 aromatic rings. The summed E-state index contributed by atoms with van der Waals surface area (Å²) in [5, 5.41) is 9.37. The third-order valence-electron chi connectivity index (χ3n) is 3.57. The lowest BCUT2D eigenvalue weighted by molar-refractivity contribution is -0.145. The Morgan fingerprint density at radius 2 is 2.15 bits per heavy atom. The van der Waals surface area contributed by atoms with Crippen molar-refractivity contribution >= 4 is 5.97 Å². The molecule has 0 bridgehead atoms. The first-order chi connectivity index (χ1) is 9.55. The molecule has 0 aliphatic carbocycles. The maximum absolute atomic E-state index is 11.4. The molecule has 0 fully saturated rings. The van der Waals surface area contributed by atoms with Crippen LogP contribution in [0.15, 0.2) is 47.9 Å². The molecule has 2 N–H and O–H groups in total. The Morgan fingerprint density at radius 3 is 2.80 bits per heavy atom. The number of esters is 1. The summed E-state index contributed by atoms with van der Waals surface area (Å²) in [5.41, 5.74) is 5.94. The van der Waals surface area contributed by atoms with E-state index in [9.17, 15) is 10.1 Å². The van der Waals surface area contributed by atoms with Crippen molar-refractivity contribution in [2.24, 2.45) is 5.73 Å². The molecule has 0 amide bonds. The van der Waals surface area contributed by atoms with E-state index in [-0.39, 0.29) is 11.5 Å². The number of hydrogen-bond donors (Lipinski definition) is 1. The maximum Gasteiger partial charge on any atom is 0.331 e. The van der Waals surface area contributed by atoms with Gasteiger partial charge < -0.3 is 15.2 Å². The fourth-order valence-corrected chi connectivity index (χ4v) is 2.67. The molecule has 1 aromatic carbocycles. The minimum Gasteiger partial charge on any atom is -0.451 e. The van der Waals surface area contributed by atoms with Gasteiger partial charge >= 0.3 is 5.97 Å². The maximum atomic E-state index is 11.4. The predicted molar refractivity (Wildman–Crippen MR) is 70.3 cm³/mol. The molecular weight excluding hydrogens is 256 g/mol. The van der Waals surface area contributed by atoms with Crippen molar-refractivity contribution in [1.82, 2.24) is 0 Å². The summed E-state index contributed by atoms with van der Waals surface area (Å²) in [6, 6.07) is 9.34. The van der Waals surface area contributed by atoms with Gasteiger partial charge in [0.2, 0.25) is 5.88 Å². The topological polar surface area (TPSA) is 85.3 Å². The molecule has 2 aliphatic rings. The van der Waals surface area contributed by atoms with Crippen LogP contribution in [0.1, 0.15) is 18.4 Å². The van der Waals surface area contributed by atoms with Gasteiger partial charge in [-0.1, -0.05) is 18.2 Å². The first-order valence-corrected chi connectivity index (χ1v) is 6.14. The van der Waals surface area contributed by atoms with Crippen LogP contribution in [0.25, 0.3) is 0 Å². The molecule has 100 valence electrons. The zero-order valence-corrected chi connectivity index (χ0v) is 10.8. The molecule has 5 nitrogen and oxygen atoms in total. The van der Waals surface area contributed by atoms with Gasteiger partial charge in [0.05, 0.1) is 5.92 Å². The summed E-state index contributed by atoms with van der Waals surface area (Å²) in [4.78, 5) is 11.4. The number of fused-ring (bicyclic) bond motifs is 1. The van der Waals surface area contributed by atoms with Crippen molar-refractivity contribution < 1.29 is 14.3 Å². The average molecular weight is 268 g/mol. The van der Waals surface area contributed by atoms with Gasteiger partial charge in [-0.05, 0) is 19.1 Å². The van der Waals surface area contributed by atoms with Crippen LogP contribution in [-0.2, 0) is 9.53 Å². The predicted octanol–water partition coefficient (Wildman–Crippen LogP) is 1.73. The molecule has 20 heavy (non-hydrogen) atoms. The van der Waals surface area contributed by atoms with Gasteiger partial charge in [0.15, 0.2) is 0 Å². The van der Waals surface area contributed by atoms with Gasteiger partial charge in [-0.3, -0.25) is 0 Å². The molecule has 3 rings (SSSR count). The number of cyclic esters (lactones) is 1. The van der Waals surface area contributed by atoms with Gasteiger partial charge in [0, 0.05) is 11.6 Å². The Kier molecular flexibility index (Phi) is 2.54. The molecule has 0 spiro atoms. The lowest BCUT2D eigenvalue weighted by Crippen LogP contribution is -2.37. The van der Waals surface area contributed by atoms with E-state index in [2.05, 4.69) is 6.07 Å². The van der Waals surface area contributed by atoms with E-state index in [4.69, 9.17) is 15.2 Å². The monoisotopic (exact) mass is 268 g/mol. The summed E-state index contributed by atoms with van der Waals surface area (Å²) in [6.45, 7) is 1.76. The van der Waals surface area contributed by atoms with E-state index in [0.29, 0.717) is 5.75 Å². The first kappa shape index (κ1) is 12.3. The van der Waals surface area contributed by atoms with E-state index >= 15 is 0 Å². The van der Waals surface area contributed by atoms with Crippen molar-refractivity contribution in [3.63, 3.8) is 0 Å². The summed E-state index contributed by atoms with van der Waals surface area (Å²) in [5.74, 6) is -0.271. The van der Waals surface area contributed by atoms with Crippen molar-refractivity contribution in [3.05, 3.63) is 53.4 Å². The van der Waals surface area contributed by atoms with Crippen LogP contribution in [0.5, 0.6) is 5.75 Å². The van der Waals surface area contributed by atoms with Gasteiger partial charge in [0.1, 0.15) is 23.0 Å². The minimum atomic E-state index is -0.938. The van der Waals surface area contributed by atoms with Crippen LogP contribution in [0.4, 0.5) is 0 Å². The zero-order chi connectivity index (χ0) is 14.3. The highest BCUT2D eigenvalue weighted by atomic mass is 16.6. The third-order valence-corrected chi connectivity index (χ3v) is 3.57.